The average Bonchev–Trinajstić information content (AvgIpc) is 2.85. The van der Waals surface area contributed by atoms with Crippen molar-refractivity contribution in [1.82, 2.24) is 10.3 Å². The van der Waals surface area contributed by atoms with E-state index in [9.17, 15) is 4.79 Å². The molecule has 1 saturated heterocycles. The van der Waals surface area contributed by atoms with E-state index < -0.39 is 16.6 Å². The third kappa shape index (κ3) is 3.38. The maximum Gasteiger partial charge on any atom is 0.296 e. The first kappa shape index (κ1) is 18.5. The van der Waals surface area contributed by atoms with Crippen LogP contribution in [0, 0.1) is 0 Å². The van der Waals surface area contributed by atoms with Gasteiger partial charge in [-0.25, -0.2) is 4.98 Å². The number of amides is 1. The highest BCUT2D eigenvalue weighted by Gasteiger charge is 2.61. The Bertz CT molecular complexity index is 755. The molecule has 2 fully saturated rings. The van der Waals surface area contributed by atoms with Gasteiger partial charge in [0.15, 0.2) is 9.91 Å². The Labute approximate surface area is 157 Å². The second kappa shape index (κ2) is 6.79. The molecule has 1 saturated carbocycles. The fourth-order valence-corrected chi connectivity index (χ4v) is 4.44. The van der Waals surface area contributed by atoms with Crippen molar-refractivity contribution in [1.29, 1.82) is 0 Å². The molecule has 1 aliphatic heterocycles. The zero-order valence-corrected chi connectivity index (χ0v) is 16.1. The van der Waals surface area contributed by atoms with Crippen LogP contribution < -0.4 is 5.32 Å². The molecule has 0 bridgehead atoms. The highest BCUT2D eigenvalue weighted by atomic mass is 79.9. The quantitative estimate of drug-likeness (QED) is 0.571. The van der Waals surface area contributed by atoms with Gasteiger partial charge in [0.25, 0.3) is 5.92 Å². The average molecular weight is 430 g/mol. The van der Waals surface area contributed by atoms with Crippen LogP contribution in [-0.4, -0.2) is 26.8 Å². The zero-order chi connectivity index (χ0) is 18.2. The molecule has 1 aromatic heterocycles. The van der Waals surface area contributed by atoms with Crippen molar-refractivity contribution in [3.05, 3.63) is 40.6 Å². The van der Waals surface area contributed by atoms with Gasteiger partial charge in [-0.2, -0.15) is 8.78 Å². The number of alkyl halides is 2. The molecular formula is C17H18BrF2N3OS. The lowest BCUT2D eigenvalue weighted by molar-refractivity contribution is -0.132. The molecule has 0 radical (unpaired) electrons. The lowest BCUT2D eigenvalue weighted by atomic mass is 9.92. The third-order valence-electron chi connectivity index (χ3n) is 4.61. The molecule has 1 N–H and O–H groups in total. The summed E-state index contributed by atoms with van der Waals surface area (Å²) in [7, 11) is 0. The van der Waals surface area contributed by atoms with E-state index in [4.69, 9.17) is 0 Å². The molecule has 4 nitrogen and oxygen atoms in total. The van der Waals surface area contributed by atoms with Gasteiger partial charge in [0, 0.05) is 11.8 Å². The maximum absolute atomic E-state index is 15.1. The Balaban J connectivity index is 1.88. The van der Waals surface area contributed by atoms with Gasteiger partial charge >= 0.3 is 0 Å². The fraction of sp³-hybridized carbons (Fsp3) is 0.471. The minimum absolute atomic E-state index is 0.109. The molecule has 1 aromatic rings. The van der Waals surface area contributed by atoms with Crippen LogP contribution >= 0.6 is 27.7 Å². The minimum atomic E-state index is -3.38. The number of aromatic nitrogens is 1. The van der Waals surface area contributed by atoms with Crippen LogP contribution in [0.2, 0.25) is 0 Å². The summed E-state index contributed by atoms with van der Waals surface area (Å²) < 4.78 is 28.5. The second-order valence-corrected chi connectivity index (χ2v) is 8.60. The molecule has 0 aromatic carbocycles. The molecule has 3 rings (SSSR count). The van der Waals surface area contributed by atoms with E-state index in [0.29, 0.717) is 4.60 Å². The van der Waals surface area contributed by atoms with Gasteiger partial charge in [-0.15, -0.1) is 0 Å². The number of nitrogens with one attached hydrogen (secondary N) is 1. The fourth-order valence-electron chi connectivity index (χ4n) is 2.98. The number of halogens is 3. The number of carbonyl (C=O) groups is 1. The van der Waals surface area contributed by atoms with Crippen LogP contribution in [0.3, 0.4) is 0 Å². The van der Waals surface area contributed by atoms with Crippen LogP contribution in [0.5, 0.6) is 0 Å². The Morgan fingerprint density at radius 3 is 2.96 bits per heavy atom. The number of amidine groups is 1. The van der Waals surface area contributed by atoms with Crippen molar-refractivity contribution in [3.8, 4) is 0 Å². The molecule has 8 heteroatoms. The first-order valence-corrected chi connectivity index (χ1v) is 9.61. The van der Waals surface area contributed by atoms with E-state index in [1.807, 2.05) is 0 Å². The van der Waals surface area contributed by atoms with Crippen molar-refractivity contribution in [2.24, 2.45) is 4.99 Å². The van der Waals surface area contributed by atoms with Crippen LogP contribution in [0.1, 0.15) is 38.2 Å². The summed E-state index contributed by atoms with van der Waals surface area (Å²) in [6.45, 7) is 5.26. The normalized spacial score (nSPS) is 29.1. The van der Waals surface area contributed by atoms with Crippen LogP contribution in [0.4, 0.5) is 8.78 Å². The predicted octanol–water partition coefficient (Wildman–Crippen LogP) is 4.41. The predicted molar refractivity (Wildman–Crippen MR) is 98.8 cm³/mol. The summed E-state index contributed by atoms with van der Waals surface area (Å²) in [4.78, 5) is 20.7. The van der Waals surface area contributed by atoms with E-state index in [1.54, 1.807) is 0 Å². The van der Waals surface area contributed by atoms with Crippen molar-refractivity contribution in [3.63, 3.8) is 0 Å². The molecular weight excluding hydrogens is 412 g/mol. The van der Waals surface area contributed by atoms with Crippen LogP contribution in [0.15, 0.2) is 40.1 Å². The number of pyridine rings is 1. The summed E-state index contributed by atoms with van der Waals surface area (Å²) in [6.07, 6.45) is 5.11. The van der Waals surface area contributed by atoms with Gasteiger partial charge < -0.3 is 5.32 Å². The van der Waals surface area contributed by atoms with Gasteiger partial charge in [0.05, 0.1) is 6.04 Å². The summed E-state index contributed by atoms with van der Waals surface area (Å²) in [5.41, 5.74) is 0.731. The minimum Gasteiger partial charge on any atom is -0.304 e. The number of aliphatic imine (C=N–C) groups is 1. The van der Waals surface area contributed by atoms with E-state index in [1.165, 1.54) is 25.3 Å². The van der Waals surface area contributed by atoms with Gasteiger partial charge in [-0.3, -0.25) is 9.79 Å². The SMILES string of the molecule is C=C1CCCCC1N=C1NC(=O)C(C)(C(F)(F)c2ccnc(Br)c2)S1. The first-order chi connectivity index (χ1) is 11.7. The molecule has 2 heterocycles. The molecule has 1 amide bonds. The Morgan fingerprint density at radius 2 is 2.28 bits per heavy atom. The molecule has 2 aliphatic rings. The number of nitrogens with zero attached hydrogens (tertiary/aromatic N) is 2. The van der Waals surface area contributed by atoms with Gasteiger partial charge in [0.2, 0.25) is 5.91 Å². The Morgan fingerprint density at radius 1 is 1.52 bits per heavy atom. The summed E-state index contributed by atoms with van der Waals surface area (Å²) in [6, 6.07) is 2.35. The van der Waals surface area contributed by atoms with E-state index in [2.05, 4.69) is 37.8 Å². The smallest absolute Gasteiger partial charge is 0.296 e. The van der Waals surface area contributed by atoms with Crippen molar-refractivity contribution < 1.29 is 13.6 Å². The second-order valence-electron chi connectivity index (χ2n) is 6.39. The topological polar surface area (TPSA) is 54.4 Å². The largest absolute Gasteiger partial charge is 0.304 e. The zero-order valence-electron chi connectivity index (χ0n) is 13.7. The molecule has 1 aliphatic carbocycles. The number of thioether (sulfide) groups is 1. The number of hydrogen-bond acceptors (Lipinski definition) is 4. The Kier molecular flexibility index (Phi) is 5.03. The van der Waals surface area contributed by atoms with Gasteiger partial charge in [0.1, 0.15) is 4.60 Å². The van der Waals surface area contributed by atoms with E-state index in [-0.39, 0.29) is 16.8 Å². The highest BCUT2D eigenvalue weighted by molar-refractivity contribution is 9.10. The summed E-state index contributed by atoms with van der Waals surface area (Å²) in [5, 5.41) is 2.77. The molecule has 25 heavy (non-hydrogen) atoms. The number of hydrogen-bond donors (Lipinski definition) is 1. The standard InChI is InChI=1S/C17H18BrF2N3OS/c1-10-5-3-4-6-12(10)22-15-23-14(24)16(2,25-15)17(19,20)11-7-8-21-13(18)9-11/h7-9,12H,1,3-6H2,2H3,(H,22,23,24). The lowest BCUT2D eigenvalue weighted by Crippen LogP contribution is -2.47. The van der Waals surface area contributed by atoms with Crippen LogP contribution in [-0.2, 0) is 10.7 Å². The van der Waals surface area contributed by atoms with Gasteiger partial charge in [-0.05, 0) is 54.2 Å². The van der Waals surface area contributed by atoms with E-state index in [0.717, 1.165) is 43.0 Å². The molecule has 2 atom stereocenters. The lowest BCUT2D eigenvalue weighted by Gasteiger charge is -2.30. The van der Waals surface area contributed by atoms with Crippen LogP contribution in [0.25, 0.3) is 0 Å². The summed E-state index contributed by atoms with van der Waals surface area (Å²) in [5.74, 6) is -4.12. The maximum atomic E-state index is 15.1. The first-order valence-electron chi connectivity index (χ1n) is 8.00. The van der Waals surface area contributed by atoms with E-state index >= 15 is 8.78 Å². The molecule has 0 spiro atoms. The van der Waals surface area contributed by atoms with Gasteiger partial charge in [-0.1, -0.05) is 30.3 Å². The van der Waals surface area contributed by atoms with Crippen molar-refractivity contribution >= 4 is 38.8 Å². The monoisotopic (exact) mass is 429 g/mol. The molecule has 2 unspecified atom stereocenters. The summed E-state index contributed by atoms with van der Waals surface area (Å²) >= 11 is 3.88. The van der Waals surface area contributed by atoms with Crippen molar-refractivity contribution in [2.45, 2.75) is 49.3 Å². The number of rotatable bonds is 3. The Hall–Kier alpha value is -1.28. The van der Waals surface area contributed by atoms with Crippen molar-refractivity contribution in [2.75, 3.05) is 0 Å². The number of carbonyl (C=O) groups excluding carboxylic acids is 1. The molecule has 134 valence electrons. The highest BCUT2D eigenvalue weighted by Crippen LogP contribution is 2.50. The third-order valence-corrected chi connectivity index (χ3v) is 6.30.